The van der Waals surface area contributed by atoms with Crippen LogP contribution in [-0.4, -0.2) is 93.8 Å². The number of imide groups is 1. The molecule has 0 bridgehead atoms. The Labute approximate surface area is 403 Å². The van der Waals surface area contributed by atoms with Crippen molar-refractivity contribution in [3.05, 3.63) is 125 Å². The van der Waals surface area contributed by atoms with Crippen molar-refractivity contribution < 1.29 is 47.3 Å². The fourth-order valence-electron chi connectivity index (χ4n) is 9.44. The molecule has 4 heterocycles. The van der Waals surface area contributed by atoms with E-state index in [4.69, 9.17) is 14.2 Å². The van der Waals surface area contributed by atoms with Gasteiger partial charge in [-0.25, -0.2) is 23.5 Å². The molecule has 1 saturated carbocycles. The summed E-state index contributed by atoms with van der Waals surface area (Å²) in [5.41, 5.74) is 4.49. The van der Waals surface area contributed by atoms with E-state index in [0.29, 0.717) is 70.1 Å². The average molecular weight is 956 g/mol. The number of nitrogens with zero attached hydrogens (tertiary/aromatic N) is 4. The predicted octanol–water partition coefficient (Wildman–Crippen LogP) is 8.96. The van der Waals surface area contributed by atoms with Crippen molar-refractivity contribution in [2.45, 2.75) is 96.2 Å². The molecule has 15 nitrogen and oxygen atoms in total. The van der Waals surface area contributed by atoms with Gasteiger partial charge in [0.05, 0.1) is 54.6 Å². The fraction of sp³-hybridized carbons (Fsp3) is 0.358. The first kappa shape index (κ1) is 48.0. The monoisotopic (exact) mass is 955 g/mol. The molecular weight excluding hydrogens is 901 g/mol. The number of ether oxygens (including phenoxy) is 3. The number of methoxy groups -OCH3 is 1. The Morgan fingerprint density at radius 2 is 1.60 bits per heavy atom. The summed E-state index contributed by atoms with van der Waals surface area (Å²) in [7, 11) is 1.50. The summed E-state index contributed by atoms with van der Waals surface area (Å²) in [6, 6.07) is 20.9. The van der Waals surface area contributed by atoms with Crippen molar-refractivity contribution in [2.75, 3.05) is 37.0 Å². The second-order valence-electron chi connectivity index (χ2n) is 18.7. The van der Waals surface area contributed by atoms with E-state index in [1.54, 1.807) is 25.1 Å². The van der Waals surface area contributed by atoms with Crippen LogP contribution in [0.5, 0.6) is 5.75 Å². The highest BCUT2D eigenvalue weighted by Gasteiger charge is 2.31. The highest BCUT2D eigenvalue weighted by molar-refractivity contribution is 6.07. The van der Waals surface area contributed by atoms with Crippen LogP contribution in [-0.2, 0) is 26.5 Å². The number of aromatic nitrogens is 3. The van der Waals surface area contributed by atoms with E-state index in [9.17, 15) is 24.3 Å². The second-order valence-corrected chi connectivity index (χ2v) is 18.7. The number of benzene rings is 4. The van der Waals surface area contributed by atoms with Crippen molar-refractivity contribution in [3.63, 3.8) is 0 Å². The number of halogens is 2. The van der Waals surface area contributed by atoms with Gasteiger partial charge < -0.3 is 34.5 Å². The Morgan fingerprint density at radius 1 is 0.871 bits per heavy atom. The molecule has 9 rings (SSSR count). The number of H-pyrrole nitrogens is 1. The molecule has 6 aromatic rings. The Balaban J connectivity index is 0.757. The Morgan fingerprint density at radius 3 is 2.30 bits per heavy atom. The van der Waals surface area contributed by atoms with E-state index in [1.165, 1.54) is 56.4 Å². The standard InChI is InChI=1S/C53H55F2N7O8/c1-30-40(25-35(54)26-43(30)59-50(64)39-15-10-34(24-42(39)55)53(2,3)67)48-41-27-44(58-49(41)57-29-56-48)32-7-5-31(6-8-32)28-69-36-11-13-37(14-12-36)70-38-17-20-61(21-18-38)51(65)33-9-16-46(68-4)45(23-33)62-22-19-47(63)60-52(62)66/h5-10,15-16,23-27,29,36-38,67H,11-14,17-22,28H2,1-4H3,(H,59,64)(H,56,57,58)(H,60,63,66)/t36-,37+. The lowest BCUT2D eigenvalue weighted by atomic mass is 9.94. The summed E-state index contributed by atoms with van der Waals surface area (Å²) >= 11 is 0. The Kier molecular flexibility index (Phi) is 13.8. The third-order valence-electron chi connectivity index (χ3n) is 13.5. The summed E-state index contributed by atoms with van der Waals surface area (Å²) in [5, 5.41) is 15.9. The molecule has 5 amide bonds. The van der Waals surface area contributed by atoms with Gasteiger partial charge in [0.1, 0.15) is 29.4 Å². The molecule has 2 aliphatic heterocycles. The van der Waals surface area contributed by atoms with Crippen LogP contribution in [0.2, 0.25) is 0 Å². The number of piperidine rings is 1. The molecule has 0 radical (unpaired) electrons. The normalized spacial score (nSPS) is 18.0. The van der Waals surface area contributed by atoms with Crippen LogP contribution in [0.25, 0.3) is 33.5 Å². The second kappa shape index (κ2) is 20.1. The van der Waals surface area contributed by atoms with Crippen molar-refractivity contribution in [2.24, 2.45) is 0 Å². The number of anilines is 2. The number of carbonyl (C=O) groups is 4. The van der Waals surface area contributed by atoms with E-state index >= 15 is 8.78 Å². The van der Waals surface area contributed by atoms with Crippen LogP contribution in [0.4, 0.5) is 25.0 Å². The molecule has 70 heavy (non-hydrogen) atoms. The first-order valence-electron chi connectivity index (χ1n) is 23.5. The van der Waals surface area contributed by atoms with E-state index in [1.807, 2.05) is 35.2 Å². The minimum atomic E-state index is -1.30. The maximum Gasteiger partial charge on any atom is 0.328 e. The molecule has 364 valence electrons. The molecule has 3 fully saturated rings. The molecule has 0 spiro atoms. The van der Waals surface area contributed by atoms with Crippen LogP contribution < -0.4 is 20.3 Å². The minimum absolute atomic E-state index is 0.0599. The zero-order chi connectivity index (χ0) is 49.3. The van der Waals surface area contributed by atoms with E-state index < -0.39 is 29.2 Å². The minimum Gasteiger partial charge on any atom is -0.495 e. The van der Waals surface area contributed by atoms with Gasteiger partial charge in [-0.1, -0.05) is 30.3 Å². The number of urea groups is 1. The lowest BCUT2D eigenvalue weighted by Crippen LogP contribution is -2.49. The maximum absolute atomic E-state index is 15.2. The molecular formula is C53H55F2N7O8. The summed E-state index contributed by atoms with van der Waals surface area (Å²) < 4.78 is 48.6. The van der Waals surface area contributed by atoms with Gasteiger partial charge in [0.2, 0.25) is 5.91 Å². The lowest BCUT2D eigenvalue weighted by molar-refractivity contribution is -0.120. The number of rotatable bonds is 13. The zero-order valence-corrected chi connectivity index (χ0v) is 39.4. The van der Waals surface area contributed by atoms with Crippen LogP contribution in [0.15, 0.2) is 85.2 Å². The number of likely N-dealkylation sites (tertiary alicyclic amines) is 1. The van der Waals surface area contributed by atoms with Crippen LogP contribution >= 0.6 is 0 Å². The molecule has 1 aliphatic carbocycles. The maximum atomic E-state index is 15.2. The fourth-order valence-corrected chi connectivity index (χ4v) is 9.44. The Bertz CT molecular complexity index is 2960. The number of amides is 5. The first-order chi connectivity index (χ1) is 33.6. The number of hydrogen-bond acceptors (Lipinski definition) is 10. The van der Waals surface area contributed by atoms with E-state index in [0.717, 1.165) is 61.4 Å². The third kappa shape index (κ3) is 10.4. The largest absolute Gasteiger partial charge is 0.495 e. The van der Waals surface area contributed by atoms with Crippen LogP contribution in [0, 0.1) is 18.6 Å². The molecule has 4 N–H and O–H groups in total. The lowest BCUT2D eigenvalue weighted by Gasteiger charge is -2.36. The summed E-state index contributed by atoms with van der Waals surface area (Å²) in [6.45, 7) is 6.54. The summed E-state index contributed by atoms with van der Waals surface area (Å²) in [5.74, 6) is -2.21. The van der Waals surface area contributed by atoms with Gasteiger partial charge in [-0.05, 0) is 130 Å². The van der Waals surface area contributed by atoms with Gasteiger partial charge in [0, 0.05) is 53.9 Å². The van der Waals surface area contributed by atoms with Gasteiger partial charge in [0.15, 0.2) is 0 Å². The third-order valence-corrected chi connectivity index (χ3v) is 13.5. The van der Waals surface area contributed by atoms with Crippen molar-refractivity contribution in [1.82, 2.24) is 25.2 Å². The molecule has 2 aromatic heterocycles. The number of fused-ring (bicyclic) bond motifs is 1. The van der Waals surface area contributed by atoms with Gasteiger partial charge in [-0.3, -0.25) is 24.6 Å². The van der Waals surface area contributed by atoms with E-state index in [-0.39, 0.29) is 54.3 Å². The van der Waals surface area contributed by atoms with Crippen LogP contribution in [0.3, 0.4) is 0 Å². The van der Waals surface area contributed by atoms with Crippen molar-refractivity contribution in [3.8, 4) is 28.3 Å². The first-order valence-corrected chi connectivity index (χ1v) is 23.5. The van der Waals surface area contributed by atoms with Gasteiger partial charge >= 0.3 is 6.03 Å². The van der Waals surface area contributed by atoms with Crippen molar-refractivity contribution in [1.29, 1.82) is 0 Å². The van der Waals surface area contributed by atoms with E-state index in [2.05, 4.69) is 25.6 Å². The van der Waals surface area contributed by atoms with Crippen LogP contribution in [0.1, 0.15) is 96.2 Å². The molecule has 0 atom stereocenters. The highest BCUT2D eigenvalue weighted by atomic mass is 19.1. The quantitative estimate of drug-likeness (QED) is 0.0870. The molecule has 17 heteroatoms. The highest BCUT2D eigenvalue weighted by Crippen LogP contribution is 2.36. The van der Waals surface area contributed by atoms with Gasteiger partial charge in [-0.2, -0.15) is 0 Å². The summed E-state index contributed by atoms with van der Waals surface area (Å²) in [6.07, 6.45) is 6.87. The molecule has 4 aromatic carbocycles. The summed E-state index contributed by atoms with van der Waals surface area (Å²) in [4.78, 5) is 66.6. The number of aromatic amines is 1. The molecule has 2 saturated heterocycles. The molecule has 3 aliphatic rings. The van der Waals surface area contributed by atoms with Gasteiger partial charge in [-0.15, -0.1) is 0 Å². The number of nitrogens with one attached hydrogen (secondary N) is 3. The van der Waals surface area contributed by atoms with Crippen molar-refractivity contribution >= 4 is 46.2 Å². The molecule has 0 unspecified atom stereocenters. The predicted molar refractivity (Wildman–Crippen MR) is 258 cm³/mol. The number of carbonyl (C=O) groups excluding carboxylic acids is 4. The number of aliphatic hydroxyl groups is 1. The topological polar surface area (TPSA) is 188 Å². The zero-order valence-electron chi connectivity index (χ0n) is 39.4. The average Bonchev–Trinajstić information content (AvgIpc) is 3.79. The Hall–Kier alpha value is -7.08. The van der Waals surface area contributed by atoms with Gasteiger partial charge in [0.25, 0.3) is 11.8 Å². The SMILES string of the molecule is COc1ccc(C(=O)N2CCC(O[C@H]3CC[C@@H](OCc4ccc(-c5cc6c(-c7cc(F)cc(NC(=O)c8ccc(C(C)(C)O)cc8F)c7C)ncnc6[nH]5)cc4)CC3)CC2)cc1N1CCC(=O)NC1=O. The number of hydrogen-bond donors (Lipinski definition) is 4. The smallest absolute Gasteiger partial charge is 0.328 e.